The molecule has 0 bridgehead atoms. The molecule has 1 heterocycles. The molecule has 1 amide bonds. The van der Waals surface area contributed by atoms with Gasteiger partial charge in [-0.25, -0.2) is 0 Å². The second-order valence-electron chi connectivity index (χ2n) is 4.19. The lowest BCUT2D eigenvalue weighted by Gasteiger charge is -2.08. The number of carbonyl (C=O) groups is 1. The van der Waals surface area contributed by atoms with Gasteiger partial charge in [0.25, 0.3) is 5.91 Å². The smallest absolute Gasteiger partial charge is 0.265 e. The molecule has 0 aliphatic rings. The number of thioether (sulfide) groups is 1. The van der Waals surface area contributed by atoms with Gasteiger partial charge in [-0.3, -0.25) is 4.79 Å². The van der Waals surface area contributed by atoms with Gasteiger partial charge in [-0.2, -0.15) is 0 Å². The maximum Gasteiger partial charge on any atom is 0.265 e. The summed E-state index contributed by atoms with van der Waals surface area (Å²) < 4.78 is 0. The van der Waals surface area contributed by atoms with Gasteiger partial charge < -0.3 is 16.0 Å². The first-order valence-electron chi connectivity index (χ1n) is 5.94. The first-order chi connectivity index (χ1) is 8.52. The van der Waals surface area contributed by atoms with E-state index in [1.54, 1.807) is 30.8 Å². The Morgan fingerprint density at radius 2 is 2.17 bits per heavy atom. The zero-order valence-electron chi connectivity index (χ0n) is 11.4. The van der Waals surface area contributed by atoms with E-state index in [1.807, 2.05) is 6.26 Å². The van der Waals surface area contributed by atoms with E-state index in [9.17, 15) is 4.79 Å². The molecule has 0 unspecified atom stereocenters. The second-order valence-corrected chi connectivity index (χ2v) is 6.02. The largest absolute Gasteiger partial charge is 0.396 e. The molecule has 1 aromatic heterocycles. The van der Waals surface area contributed by atoms with Crippen LogP contribution in [0.4, 0.5) is 10.7 Å². The van der Waals surface area contributed by atoms with Crippen LogP contribution >= 0.6 is 23.1 Å². The molecule has 0 spiro atoms. The van der Waals surface area contributed by atoms with Gasteiger partial charge >= 0.3 is 0 Å². The van der Waals surface area contributed by atoms with Crippen LogP contribution in [-0.4, -0.2) is 37.7 Å². The number of hydrogen-bond acceptors (Lipinski definition) is 5. The standard InChI is InChI=1S/C12H21N3OS2/c1-5-6-7-14-11-9(17-4)8(13)10(18-11)12(16)15(2)3/h14H,5-7,13H2,1-4H3. The summed E-state index contributed by atoms with van der Waals surface area (Å²) in [6.45, 7) is 3.07. The zero-order chi connectivity index (χ0) is 13.7. The number of anilines is 2. The van der Waals surface area contributed by atoms with E-state index in [2.05, 4.69) is 12.2 Å². The molecule has 0 aliphatic heterocycles. The lowest BCUT2D eigenvalue weighted by molar-refractivity contribution is 0.0833. The van der Waals surface area contributed by atoms with Crippen molar-refractivity contribution in [2.24, 2.45) is 0 Å². The normalized spacial score (nSPS) is 10.4. The van der Waals surface area contributed by atoms with Gasteiger partial charge in [-0.05, 0) is 12.7 Å². The predicted molar refractivity (Wildman–Crippen MR) is 81.9 cm³/mol. The van der Waals surface area contributed by atoms with Crippen LogP contribution in [0.2, 0.25) is 0 Å². The Morgan fingerprint density at radius 3 is 2.67 bits per heavy atom. The van der Waals surface area contributed by atoms with Gasteiger partial charge in [0.2, 0.25) is 0 Å². The Hall–Kier alpha value is -0.880. The van der Waals surface area contributed by atoms with Crippen molar-refractivity contribution in [2.45, 2.75) is 24.7 Å². The highest BCUT2D eigenvalue weighted by Crippen LogP contribution is 2.41. The fraction of sp³-hybridized carbons (Fsp3) is 0.583. The number of rotatable bonds is 6. The molecule has 102 valence electrons. The van der Waals surface area contributed by atoms with Crippen molar-refractivity contribution in [3.8, 4) is 0 Å². The maximum absolute atomic E-state index is 12.0. The predicted octanol–water partition coefficient (Wildman–Crippen LogP) is 2.97. The number of amides is 1. The molecule has 0 saturated carbocycles. The van der Waals surface area contributed by atoms with Crippen LogP contribution in [-0.2, 0) is 0 Å². The van der Waals surface area contributed by atoms with Gasteiger partial charge in [-0.15, -0.1) is 23.1 Å². The maximum atomic E-state index is 12.0. The van der Waals surface area contributed by atoms with E-state index in [0.29, 0.717) is 10.6 Å². The third-order valence-electron chi connectivity index (χ3n) is 2.52. The molecule has 18 heavy (non-hydrogen) atoms. The topological polar surface area (TPSA) is 58.4 Å². The summed E-state index contributed by atoms with van der Waals surface area (Å²) in [7, 11) is 3.48. The summed E-state index contributed by atoms with van der Waals surface area (Å²) in [5.41, 5.74) is 6.66. The fourth-order valence-corrected chi connectivity index (χ4v) is 3.57. The van der Waals surface area contributed by atoms with Crippen molar-refractivity contribution < 1.29 is 4.79 Å². The third-order valence-corrected chi connectivity index (χ3v) is 4.63. The van der Waals surface area contributed by atoms with Crippen LogP contribution in [0, 0.1) is 0 Å². The Labute approximate surface area is 117 Å². The van der Waals surface area contributed by atoms with Gasteiger partial charge in [-0.1, -0.05) is 13.3 Å². The SMILES string of the molecule is CCCCNc1sc(C(=O)N(C)C)c(N)c1SC. The minimum Gasteiger partial charge on any atom is -0.396 e. The molecule has 4 nitrogen and oxygen atoms in total. The molecule has 1 aromatic rings. The van der Waals surface area contributed by atoms with Gasteiger partial charge in [0, 0.05) is 20.6 Å². The van der Waals surface area contributed by atoms with Crippen LogP contribution < -0.4 is 11.1 Å². The summed E-state index contributed by atoms with van der Waals surface area (Å²) >= 11 is 3.03. The van der Waals surface area contributed by atoms with Crippen molar-refractivity contribution in [2.75, 3.05) is 37.9 Å². The Bertz CT molecular complexity index is 416. The molecule has 6 heteroatoms. The number of nitrogens with two attached hydrogens (primary N) is 1. The summed E-state index contributed by atoms with van der Waals surface area (Å²) in [6, 6.07) is 0. The van der Waals surface area contributed by atoms with Gasteiger partial charge in [0.05, 0.1) is 10.6 Å². The minimum atomic E-state index is -0.0312. The number of thiophene rings is 1. The molecule has 0 fully saturated rings. The van der Waals surface area contributed by atoms with Crippen LogP contribution in [0.1, 0.15) is 29.4 Å². The molecule has 0 saturated heterocycles. The number of nitrogen functional groups attached to an aromatic ring is 1. The lowest BCUT2D eigenvalue weighted by Crippen LogP contribution is -2.21. The van der Waals surface area contributed by atoms with Crippen LogP contribution in [0.5, 0.6) is 0 Å². The highest BCUT2D eigenvalue weighted by Gasteiger charge is 2.21. The quantitative estimate of drug-likeness (QED) is 0.624. The second kappa shape index (κ2) is 6.89. The Kier molecular flexibility index (Phi) is 5.81. The van der Waals surface area contributed by atoms with Crippen molar-refractivity contribution in [3.05, 3.63) is 4.88 Å². The van der Waals surface area contributed by atoms with Crippen molar-refractivity contribution in [3.63, 3.8) is 0 Å². The zero-order valence-corrected chi connectivity index (χ0v) is 13.0. The highest BCUT2D eigenvalue weighted by atomic mass is 32.2. The fourth-order valence-electron chi connectivity index (χ4n) is 1.49. The molecule has 0 atom stereocenters. The van der Waals surface area contributed by atoms with E-state index in [1.165, 1.54) is 11.3 Å². The summed E-state index contributed by atoms with van der Waals surface area (Å²) in [5, 5.41) is 4.38. The van der Waals surface area contributed by atoms with E-state index < -0.39 is 0 Å². The molecular weight excluding hydrogens is 266 g/mol. The number of nitrogens with zero attached hydrogens (tertiary/aromatic N) is 1. The third kappa shape index (κ3) is 3.32. The number of unbranched alkanes of at least 4 members (excludes halogenated alkanes) is 1. The van der Waals surface area contributed by atoms with Crippen LogP contribution in [0.3, 0.4) is 0 Å². The van der Waals surface area contributed by atoms with E-state index in [-0.39, 0.29) is 5.91 Å². The van der Waals surface area contributed by atoms with E-state index >= 15 is 0 Å². The minimum absolute atomic E-state index is 0.0312. The number of hydrogen-bond donors (Lipinski definition) is 2. The van der Waals surface area contributed by atoms with Crippen molar-refractivity contribution in [1.29, 1.82) is 0 Å². The molecule has 0 aliphatic carbocycles. The Morgan fingerprint density at radius 1 is 1.50 bits per heavy atom. The summed E-state index contributed by atoms with van der Waals surface area (Å²) in [5.74, 6) is -0.0312. The van der Waals surface area contributed by atoms with Gasteiger partial charge in [0.1, 0.15) is 9.88 Å². The van der Waals surface area contributed by atoms with Gasteiger partial charge in [0.15, 0.2) is 0 Å². The monoisotopic (exact) mass is 287 g/mol. The lowest BCUT2D eigenvalue weighted by atomic mass is 10.3. The molecule has 0 aromatic carbocycles. The average Bonchev–Trinajstić information content (AvgIpc) is 2.65. The van der Waals surface area contributed by atoms with E-state index in [0.717, 1.165) is 29.3 Å². The number of nitrogens with one attached hydrogen (secondary N) is 1. The molecular formula is C12H21N3OS2. The van der Waals surface area contributed by atoms with Crippen molar-refractivity contribution >= 4 is 39.7 Å². The molecule has 3 N–H and O–H groups in total. The number of carbonyl (C=O) groups excluding carboxylic acids is 1. The van der Waals surface area contributed by atoms with E-state index in [4.69, 9.17) is 5.73 Å². The van der Waals surface area contributed by atoms with Crippen molar-refractivity contribution in [1.82, 2.24) is 4.90 Å². The first-order valence-corrected chi connectivity index (χ1v) is 7.98. The average molecular weight is 287 g/mol. The molecule has 1 rings (SSSR count). The summed E-state index contributed by atoms with van der Waals surface area (Å²) in [4.78, 5) is 15.2. The highest BCUT2D eigenvalue weighted by molar-refractivity contribution is 7.99. The van der Waals surface area contributed by atoms with Crippen LogP contribution in [0.15, 0.2) is 4.90 Å². The first kappa shape index (κ1) is 15.2. The Balaban J connectivity index is 2.97. The summed E-state index contributed by atoms with van der Waals surface area (Å²) in [6.07, 6.45) is 4.24. The van der Waals surface area contributed by atoms with Crippen LogP contribution in [0.25, 0.3) is 0 Å². The molecule has 0 radical (unpaired) electrons.